The Bertz CT molecular complexity index is 326. The van der Waals surface area contributed by atoms with Gasteiger partial charge in [-0.05, 0) is 6.07 Å². The minimum Gasteiger partial charge on any atom is -0.360 e. The predicted molar refractivity (Wildman–Crippen MR) is 47.4 cm³/mol. The summed E-state index contributed by atoms with van der Waals surface area (Å²) in [5, 5.41) is 11.1. The Kier molecular flexibility index (Phi) is 3.02. The van der Waals surface area contributed by atoms with E-state index in [4.69, 9.17) is 0 Å². The highest BCUT2D eigenvalue weighted by molar-refractivity contribution is 5.79. The lowest BCUT2D eigenvalue weighted by Gasteiger charge is -2.02. The minimum atomic E-state index is -0.273. The molecule has 0 aliphatic carbocycles. The van der Waals surface area contributed by atoms with E-state index in [2.05, 4.69) is 20.8 Å². The third-order valence-corrected chi connectivity index (χ3v) is 1.39. The maximum atomic E-state index is 10.8. The Morgan fingerprint density at radius 1 is 1.62 bits per heavy atom. The third-order valence-electron chi connectivity index (χ3n) is 1.39. The van der Waals surface area contributed by atoms with E-state index in [1.165, 1.54) is 12.1 Å². The van der Waals surface area contributed by atoms with Gasteiger partial charge in [-0.3, -0.25) is 9.59 Å². The first kappa shape index (κ1) is 9.24. The molecule has 0 bridgehead atoms. The first-order valence-corrected chi connectivity index (χ1v) is 3.72. The Hall–Kier alpha value is -1.85. The summed E-state index contributed by atoms with van der Waals surface area (Å²) >= 11 is 0. The van der Waals surface area contributed by atoms with Gasteiger partial charge in [0.1, 0.15) is 5.82 Å². The van der Waals surface area contributed by atoms with E-state index in [0.29, 0.717) is 5.82 Å². The van der Waals surface area contributed by atoms with Crippen molar-refractivity contribution in [3.05, 3.63) is 22.5 Å². The van der Waals surface area contributed by atoms with Crippen molar-refractivity contribution in [1.82, 2.24) is 15.5 Å². The van der Waals surface area contributed by atoms with Crippen molar-refractivity contribution in [1.29, 1.82) is 0 Å². The average molecular weight is 182 g/mol. The van der Waals surface area contributed by atoms with Crippen molar-refractivity contribution in [2.75, 3.05) is 18.9 Å². The smallest absolute Gasteiger partial charge is 0.264 e. The zero-order chi connectivity index (χ0) is 9.68. The maximum absolute atomic E-state index is 10.8. The Balaban J connectivity index is 2.50. The molecule has 1 amide bonds. The van der Waals surface area contributed by atoms with E-state index in [1.807, 2.05) is 0 Å². The highest BCUT2D eigenvalue weighted by Crippen LogP contribution is 1.93. The van der Waals surface area contributed by atoms with E-state index in [1.54, 1.807) is 7.05 Å². The molecule has 70 valence electrons. The monoisotopic (exact) mass is 182 g/mol. The number of carbonyl (C=O) groups is 1. The molecule has 3 N–H and O–H groups in total. The van der Waals surface area contributed by atoms with Gasteiger partial charge in [-0.25, -0.2) is 5.10 Å². The predicted octanol–water partition coefficient (Wildman–Crippen LogP) is -1.07. The summed E-state index contributed by atoms with van der Waals surface area (Å²) in [5.41, 5.74) is -0.273. The summed E-state index contributed by atoms with van der Waals surface area (Å²) in [6.45, 7) is 0.134. The van der Waals surface area contributed by atoms with Crippen LogP contribution in [0.5, 0.6) is 0 Å². The van der Waals surface area contributed by atoms with Crippen LogP contribution in [0.15, 0.2) is 16.9 Å². The molecule has 1 rings (SSSR count). The van der Waals surface area contributed by atoms with Crippen LogP contribution < -0.4 is 16.2 Å². The summed E-state index contributed by atoms with van der Waals surface area (Å²) in [4.78, 5) is 21.4. The molecule has 0 unspecified atom stereocenters. The number of nitrogens with one attached hydrogen (secondary N) is 3. The van der Waals surface area contributed by atoms with Crippen LogP contribution >= 0.6 is 0 Å². The normalized spacial score (nSPS) is 9.31. The number of aromatic nitrogens is 2. The first-order chi connectivity index (χ1) is 6.22. The number of carbonyl (C=O) groups excluding carboxylic acids is 1. The van der Waals surface area contributed by atoms with Gasteiger partial charge in [0.2, 0.25) is 5.91 Å². The van der Waals surface area contributed by atoms with Gasteiger partial charge in [0.15, 0.2) is 0 Å². The topological polar surface area (TPSA) is 86.9 Å². The summed E-state index contributed by atoms with van der Waals surface area (Å²) in [7, 11) is 1.55. The lowest BCUT2D eigenvalue weighted by Crippen LogP contribution is -2.26. The number of nitrogens with zero attached hydrogens (tertiary/aromatic N) is 1. The molecule has 0 fully saturated rings. The number of rotatable bonds is 3. The van der Waals surface area contributed by atoms with E-state index >= 15 is 0 Å². The van der Waals surface area contributed by atoms with Gasteiger partial charge in [-0.15, -0.1) is 0 Å². The van der Waals surface area contributed by atoms with Crippen LogP contribution in [0.1, 0.15) is 0 Å². The molecule has 0 saturated heterocycles. The van der Waals surface area contributed by atoms with Crippen LogP contribution in [0.2, 0.25) is 0 Å². The van der Waals surface area contributed by atoms with Gasteiger partial charge in [-0.1, -0.05) is 0 Å². The highest BCUT2D eigenvalue weighted by atomic mass is 16.1. The molecule has 13 heavy (non-hydrogen) atoms. The standard InChI is InChI=1S/C7H10N4O2/c1-8-7(13)4-9-5-2-3-6(12)11-10-5/h2-3H,4H2,1H3,(H,8,13)(H,9,10)(H,11,12). The number of aromatic amines is 1. The molecule has 0 aromatic carbocycles. The number of anilines is 1. The van der Waals surface area contributed by atoms with Crippen LogP contribution in [0.25, 0.3) is 0 Å². The molecule has 1 heterocycles. The number of H-pyrrole nitrogens is 1. The summed E-state index contributed by atoms with van der Waals surface area (Å²) in [5.74, 6) is 0.316. The fraction of sp³-hybridized carbons (Fsp3) is 0.286. The van der Waals surface area contributed by atoms with Crippen LogP contribution in [0.4, 0.5) is 5.82 Å². The number of amides is 1. The first-order valence-electron chi connectivity index (χ1n) is 3.72. The molecule has 0 radical (unpaired) electrons. The average Bonchev–Trinajstić information content (AvgIpc) is 2.16. The van der Waals surface area contributed by atoms with Crippen LogP contribution in [0.3, 0.4) is 0 Å². The Morgan fingerprint density at radius 2 is 2.38 bits per heavy atom. The fourth-order valence-corrected chi connectivity index (χ4v) is 0.702. The van der Waals surface area contributed by atoms with Crippen molar-refractivity contribution in [3.63, 3.8) is 0 Å². The molecule has 1 aromatic heterocycles. The molecule has 0 atom stereocenters. The van der Waals surface area contributed by atoms with Crippen molar-refractivity contribution >= 4 is 11.7 Å². The van der Waals surface area contributed by atoms with Crippen molar-refractivity contribution in [2.45, 2.75) is 0 Å². The summed E-state index contributed by atoms with van der Waals surface area (Å²) in [6, 6.07) is 2.83. The molecular formula is C7H10N4O2. The Morgan fingerprint density at radius 3 is 2.92 bits per heavy atom. The second-order valence-electron chi connectivity index (χ2n) is 2.33. The number of hydrogen-bond donors (Lipinski definition) is 3. The van der Waals surface area contributed by atoms with Crippen molar-refractivity contribution in [2.24, 2.45) is 0 Å². The van der Waals surface area contributed by atoms with Gasteiger partial charge in [0.25, 0.3) is 5.56 Å². The van der Waals surface area contributed by atoms with E-state index < -0.39 is 0 Å². The SMILES string of the molecule is CNC(=O)CNc1ccc(=O)[nH]n1. The van der Waals surface area contributed by atoms with Crippen LogP contribution in [-0.4, -0.2) is 29.7 Å². The lowest BCUT2D eigenvalue weighted by atomic mass is 10.5. The van der Waals surface area contributed by atoms with Crippen LogP contribution in [0, 0.1) is 0 Å². The van der Waals surface area contributed by atoms with Gasteiger partial charge >= 0.3 is 0 Å². The van der Waals surface area contributed by atoms with Crippen molar-refractivity contribution in [3.8, 4) is 0 Å². The van der Waals surface area contributed by atoms with Crippen LogP contribution in [-0.2, 0) is 4.79 Å². The van der Waals surface area contributed by atoms with E-state index in [-0.39, 0.29) is 18.0 Å². The quantitative estimate of drug-likeness (QED) is 0.555. The maximum Gasteiger partial charge on any atom is 0.264 e. The van der Waals surface area contributed by atoms with Gasteiger partial charge in [0, 0.05) is 13.1 Å². The molecule has 0 saturated carbocycles. The minimum absolute atomic E-state index is 0.134. The third kappa shape index (κ3) is 2.94. The van der Waals surface area contributed by atoms with E-state index in [0.717, 1.165) is 0 Å². The van der Waals surface area contributed by atoms with Gasteiger partial charge in [0.05, 0.1) is 6.54 Å². The highest BCUT2D eigenvalue weighted by Gasteiger charge is 1.97. The summed E-state index contributed by atoms with van der Waals surface area (Å²) < 4.78 is 0. The molecular weight excluding hydrogens is 172 g/mol. The summed E-state index contributed by atoms with van der Waals surface area (Å²) in [6.07, 6.45) is 0. The lowest BCUT2D eigenvalue weighted by molar-refractivity contribution is -0.118. The molecule has 6 nitrogen and oxygen atoms in total. The Labute approximate surface area is 74.4 Å². The zero-order valence-corrected chi connectivity index (χ0v) is 7.13. The number of hydrogen-bond acceptors (Lipinski definition) is 4. The van der Waals surface area contributed by atoms with Crippen molar-refractivity contribution < 1.29 is 4.79 Å². The largest absolute Gasteiger partial charge is 0.360 e. The molecule has 0 aliphatic heterocycles. The molecule has 0 spiro atoms. The zero-order valence-electron chi connectivity index (χ0n) is 7.13. The molecule has 1 aromatic rings. The second-order valence-corrected chi connectivity index (χ2v) is 2.33. The second kappa shape index (κ2) is 4.24. The fourth-order valence-electron chi connectivity index (χ4n) is 0.702. The van der Waals surface area contributed by atoms with Gasteiger partial charge in [-0.2, -0.15) is 5.10 Å². The van der Waals surface area contributed by atoms with Gasteiger partial charge < -0.3 is 10.6 Å². The number of likely N-dealkylation sites (N-methyl/N-ethyl adjacent to an activating group) is 1. The van der Waals surface area contributed by atoms with E-state index in [9.17, 15) is 9.59 Å². The molecule has 0 aliphatic rings. The molecule has 6 heteroatoms.